The Balaban J connectivity index is 0.000000130. The molecule has 37 nitrogen and oxygen atoms in total. The van der Waals surface area contributed by atoms with Crippen molar-refractivity contribution in [2.24, 2.45) is 17.4 Å². The van der Waals surface area contributed by atoms with Gasteiger partial charge in [0, 0.05) is 199 Å². The third kappa shape index (κ3) is 18.9. The lowest BCUT2D eigenvalue weighted by Gasteiger charge is -2.29. The number of H-pyrrole nitrogens is 5. The van der Waals surface area contributed by atoms with Gasteiger partial charge in [0.25, 0.3) is 27.8 Å². The number of carboxylic acid groups (broad SMARTS) is 5. The number of rotatable bonds is 24. The maximum absolute atomic E-state index is 12.3. The Labute approximate surface area is 831 Å². The molecule has 0 radical (unpaired) electrons. The highest BCUT2D eigenvalue weighted by atomic mass is 16.4. The summed E-state index contributed by atoms with van der Waals surface area (Å²) in [5.74, 6) is -9.18. The van der Waals surface area contributed by atoms with Gasteiger partial charge in [-0.1, -0.05) is 78.8 Å². The number of aromatic amines is 5. The third-order valence-corrected chi connectivity index (χ3v) is 29.6. The Bertz CT molecular complexity index is 8030. The molecule has 7 atom stereocenters. The van der Waals surface area contributed by atoms with Crippen LogP contribution in [-0.4, -0.2) is 229 Å². The number of aromatic nitrogens is 10. The van der Waals surface area contributed by atoms with Crippen LogP contribution in [0.25, 0.3) is 111 Å². The van der Waals surface area contributed by atoms with Crippen LogP contribution in [0.1, 0.15) is 181 Å². The zero-order valence-electron chi connectivity index (χ0n) is 83.1. The number of likely N-dealkylation sites (N-methyl/N-ethyl adjacent to an activating group) is 3. The van der Waals surface area contributed by atoms with Crippen molar-refractivity contribution in [3.8, 4) is 85.0 Å². The Morgan fingerprint density at radius 2 is 0.655 bits per heavy atom. The van der Waals surface area contributed by atoms with E-state index in [1.165, 1.54) is 22.8 Å². The molecule has 0 aliphatic carbocycles. The number of fused-ring (bicyclic) bond motifs is 15. The van der Waals surface area contributed by atoms with Crippen molar-refractivity contribution in [1.82, 2.24) is 73.1 Å². The number of aromatic carboxylic acids is 5. The third-order valence-electron chi connectivity index (χ3n) is 29.6. The van der Waals surface area contributed by atoms with Crippen molar-refractivity contribution in [1.29, 1.82) is 0 Å². The molecule has 37 heteroatoms. The van der Waals surface area contributed by atoms with Gasteiger partial charge in [0.05, 0.1) is 34.5 Å². The summed E-state index contributed by atoms with van der Waals surface area (Å²) in [6.07, 6.45) is 6.93. The molecule has 0 spiro atoms. The van der Waals surface area contributed by atoms with Crippen LogP contribution in [0.5, 0.6) is 28.7 Å². The van der Waals surface area contributed by atoms with Crippen molar-refractivity contribution >= 4 is 84.4 Å². The van der Waals surface area contributed by atoms with Gasteiger partial charge < -0.3 is 136 Å². The molecule has 20 rings (SSSR count). The lowest BCUT2D eigenvalue weighted by Crippen LogP contribution is -2.37. The van der Waals surface area contributed by atoms with E-state index in [1.807, 2.05) is 126 Å². The molecule has 0 fully saturated rings. The van der Waals surface area contributed by atoms with Gasteiger partial charge in [0.1, 0.15) is 28.7 Å². The summed E-state index contributed by atoms with van der Waals surface area (Å²) in [6, 6.07) is 42.1. The predicted molar refractivity (Wildman–Crippen MR) is 556 cm³/mol. The molecule has 145 heavy (non-hydrogen) atoms. The van der Waals surface area contributed by atoms with Gasteiger partial charge in [-0.2, -0.15) is 0 Å². The van der Waals surface area contributed by atoms with Crippen LogP contribution in [0.3, 0.4) is 0 Å². The largest absolute Gasteiger partial charge is 0.506 e. The number of aromatic hydroxyl groups is 5. The van der Waals surface area contributed by atoms with E-state index < -0.39 is 114 Å². The van der Waals surface area contributed by atoms with Gasteiger partial charge in [-0.25, -0.2) is 24.0 Å². The van der Waals surface area contributed by atoms with Gasteiger partial charge in [0.15, 0.2) is 27.8 Å². The average Bonchev–Trinajstić information content (AvgIpc) is 1.62. The molecule has 3 unspecified atom stereocenters. The molecule has 0 saturated heterocycles. The van der Waals surface area contributed by atoms with Gasteiger partial charge in [-0.05, 0) is 226 Å². The summed E-state index contributed by atoms with van der Waals surface area (Å²) < 4.78 is 11.5. The maximum atomic E-state index is 12.3. The van der Waals surface area contributed by atoms with Gasteiger partial charge in [-0.15, -0.1) is 0 Å². The molecule has 5 aliphatic heterocycles. The minimum absolute atomic E-state index is 0.0683. The van der Waals surface area contributed by atoms with Crippen LogP contribution in [-0.2, 0) is 84.1 Å². The SMILES string of the molecule is CCCN(C)C1Cc2cc3cc(-c4[nH]c(=O)c(C(=O)O)c(O)c4CC)ccc3n2C1.CCc1c(-c2ccc3c(c2)cc2n3CC(N(C)C)C2)[nH]c(=O)c(C(=O)O)c1O.CCc1c(-c2ccc3c(c2)cc2n3CC(N(C)CC)C2)[nH]c(=O)c(C(=O)O)c1O.CCc1c(-c2ccc3c(c2)cc2n3C[C@@H](CN)[C@H]2NC)[nH]c(=O)c(C(=O)O)c1O.CCc1c(-c2ccc3c(c2)cc2n3C[C@H](N)C[C@H]2NC)[nH]c(=O)c(C(=O)O)c1O. The first-order valence-corrected chi connectivity index (χ1v) is 48.9. The Hall–Kier alpha value is -15.4. The van der Waals surface area contributed by atoms with E-state index in [1.54, 1.807) is 13.8 Å². The maximum Gasteiger partial charge on any atom is 0.345 e. The molecular formula is C108H123N17O20. The number of pyridine rings is 5. The van der Waals surface area contributed by atoms with E-state index in [0.29, 0.717) is 125 Å². The highest BCUT2D eigenvalue weighted by molar-refractivity contribution is 5.98. The number of nitrogens with zero attached hydrogens (tertiary/aromatic N) is 8. The number of hydrogen-bond donors (Lipinski definition) is 19. The molecular weight excluding hydrogens is 1860 g/mol. The zero-order chi connectivity index (χ0) is 104. The van der Waals surface area contributed by atoms with Crippen LogP contribution in [0.2, 0.25) is 0 Å². The lowest BCUT2D eigenvalue weighted by molar-refractivity contribution is 0.0680. The number of carboxylic acids is 5. The molecule has 760 valence electrons. The van der Waals surface area contributed by atoms with Crippen LogP contribution in [0.4, 0.5) is 0 Å². The van der Waals surface area contributed by atoms with Crippen molar-refractivity contribution in [3.05, 3.63) is 257 Å². The second-order valence-corrected chi connectivity index (χ2v) is 38.1. The van der Waals surface area contributed by atoms with Gasteiger partial charge in [0.2, 0.25) is 0 Å². The summed E-state index contributed by atoms with van der Waals surface area (Å²) in [6.45, 7) is 20.5. The predicted octanol–water partition coefficient (Wildman–Crippen LogP) is 12.3. The molecule has 5 aromatic carbocycles. The number of carbonyl (C=O) groups is 5. The van der Waals surface area contributed by atoms with E-state index in [-0.39, 0.29) is 18.1 Å². The fraction of sp³-hybridized carbons (Fsp3) is 0.352. The standard InChI is InChI=1S/C23H27N3O4.C22H25N3O4.2C21H24N4O4.C21H23N3O4/c1-4-8-25(3)16-11-15-10-14-9-13(6-7-18(14)26(15)12-16)20-17(5-2)21(27)19(23(29)30)22(28)24-20;1-4-16-19(23-21(27)18(20(16)26)22(28)29)12-6-7-17-13(8-12)9-14-10-15(11-25(14)17)24(3)5-2;1-3-13-18(24-20(27)17(19(13)26)21(28)29)10-4-5-15-11(6-10)7-16-14(23-2)8-12(22)9-25(15)16;1-3-13-17(24-20(27)16(19(13)26)21(28)29)10-4-5-14-11(6-10)7-15-18(23-2)12(8-22)9-25(14)15;1-4-15-18(22-20(26)17(19(15)25)21(27)28)11-5-6-16-12(7-11)8-13-9-14(23(2)3)10-24(13)16/h6-7,9-10,16H,4-5,8,11-12H2,1-3H3,(H,29,30)(H2,24,27,28);6-9,15H,4-5,10-11H2,1-3H3,(H,28,29)(H2,23,26,27);4-7,12,14,23H,3,8-9,22H2,1-2H3,(H,28,29)(H2,24,26,27);4-7,12,18,23H,3,8-9,22H2,1-2H3,(H,28,29)(H2,24,26,27);5-8,14H,4,9-10H2,1-3H3,(H,27,28)(H2,22,25,26)/t;;12-,14-;12-,18-;/m..11./s1. The highest BCUT2D eigenvalue weighted by Crippen LogP contribution is 2.44. The molecule has 0 bridgehead atoms. The van der Waals surface area contributed by atoms with E-state index in [4.69, 9.17) is 11.5 Å². The molecule has 21 N–H and O–H groups in total. The van der Waals surface area contributed by atoms with Gasteiger partial charge in [-0.3, -0.25) is 24.0 Å². The summed E-state index contributed by atoms with van der Waals surface area (Å²) >= 11 is 0. The van der Waals surface area contributed by atoms with Crippen molar-refractivity contribution < 1.29 is 75.0 Å². The average molecular weight is 1980 g/mol. The summed E-state index contributed by atoms with van der Waals surface area (Å²) in [5.41, 5.74) is 24.8. The lowest BCUT2D eigenvalue weighted by atomic mass is 9.98. The second kappa shape index (κ2) is 41.5. The Kier molecular flexibility index (Phi) is 29.4. The van der Waals surface area contributed by atoms with Crippen LogP contribution < -0.4 is 49.9 Å². The number of hydrogen-bond acceptors (Lipinski definition) is 22. The first kappa shape index (κ1) is 103. The zero-order valence-corrected chi connectivity index (χ0v) is 83.1. The molecule has 15 heterocycles. The fourth-order valence-corrected chi connectivity index (χ4v) is 22.0. The van der Waals surface area contributed by atoms with Gasteiger partial charge >= 0.3 is 29.8 Å². The summed E-state index contributed by atoms with van der Waals surface area (Å²) in [4.78, 5) is 138. The smallest absolute Gasteiger partial charge is 0.345 e. The minimum atomic E-state index is -1.45. The first-order valence-electron chi connectivity index (χ1n) is 48.9. The molecule has 15 aromatic rings. The Morgan fingerprint density at radius 3 is 0.931 bits per heavy atom. The van der Waals surface area contributed by atoms with E-state index in [0.717, 1.165) is 160 Å². The van der Waals surface area contributed by atoms with Crippen molar-refractivity contribution in [2.75, 3.05) is 61.9 Å². The normalized spacial score (nSPS) is 17.0. The molecule has 0 amide bonds. The first-order chi connectivity index (χ1) is 69.3. The summed E-state index contributed by atoms with van der Waals surface area (Å²) in [5, 5.41) is 110. The quantitative estimate of drug-likeness (QED) is 0.0267. The molecule has 10 aromatic heterocycles. The number of nitrogens with two attached hydrogens (primary N) is 2. The Morgan fingerprint density at radius 1 is 0.372 bits per heavy atom. The number of benzene rings is 5. The number of nitrogens with one attached hydrogen (secondary N) is 7. The van der Waals surface area contributed by atoms with E-state index in [2.05, 4.69) is 145 Å². The van der Waals surface area contributed by atoms with E-state index >= 15 is 0 Å². The second-order valence-electron chi connectivity index (χ2n) is 38.1. The highest BCUT2D eigenvalue weighted by Gasteiger charge is 2.37. The van der Waals surface area contributed by atoms with Crippen molar-refractivity contribution in [2.45, 2.75) is 182 Å². The molecule has 0 saturated carbocycles. The topological polar surface area (TPSA) is 562 Å². The molecule has 5 aliphatic rings. The van der Waals surface area contributed by atoms with Crippen LogP contribution >= 0.6 is 0 Å². The van der Waals surface area contributed by atoms with E-state index in [9.17, 15) is 99.0 Å². The summed E-state index contributed by atoms with van der Waals surface area (Å²) in [7, 11) is 12.4. The van der Waals surface area contributed by atoms with Crippen molar-refractivity contribution in [3.63, 3.8) is 0 Å². The fourth-order valence-electron chi connectivity index (χ4n) is 22.0. The monoisotopic (exact) mass is 1980 g/mol. The van der Waals surface area contributed by atoms with Crippen LogP contribution in [0.15, 0.2) is 145 Å². The van der Waals surface area contributed by atoms with Crippen LogP contribution in [0, 0.1) is 5.92 Å². The minimum Gasteiger partial charge on any atom is -0.506 e.